The maximum atomic E-state index is 14.5. The Morgan fingerprint density at radius 2 is 1.09 bits per heavy atom. The largest absolute Gasteiger partial charge is 0.493 e. The van der Waals surface area contributed by atoms with Gasteiger partial charge in [0.25, 0.3) is 21.9 Å². The predicted molar refractivity (Wildman–Crippen MR) is 301 cm³/mol. The second-order valence-electron chi connectivity index (χ2n) is 21.1. The first-order chi connectivity index (χ1) is 39.5. The summed E-state index contributed by atoms with van der Waals surface area (Å²) in [7, 11) is 1.45. The third kappa shape index (κ3) is 11.9. The first-order valence-electron chi connectivity index (χ1n) is 27.3. The van der Waals surface area contributed by atoms with E-state index < -0.39 is 58.1 Å². The highest BCUT2D eigenvalue weighted by molar-refractivity contribution is 7.87. The van der Waals surface area contributed by atoms with E-state index in [1.165, 1.54) is 19.1 Å². The second-order valence-corrected chi connectivity index (χ2v) is 23.0. The Morgan fingerprint density at radius 3 is 1.68 bits per heavy atom. The molecule has 4 aliphatic heterocycles. The fourth-order valence-corrected chi connectivity index (χ4v) is 13.2. The van der Waals surface area contributed by atoms with Crippen LogP contribution in [-0.2, 0) is 77.2 Å². The lowest BCUT2D eigenvalue weighted by molar-refractivity contribution is -0.131. The molecule has 0 aromatic heterocycles. The summed E-state index contributed by atoms with van der Waals surface area (Å²) in [6.45, 7) is -1.45. The fraction of sp³-hybridized carbons (Fsp3) is 0.383. The Morgan fingerprint density at radius 1 is 0.561 bits per heavy atom. The van der Waals surface area contributed by atoms with Gasteiger partial charge in [0.05, 0.1) is 47.0 Å². The molecule has 5 aromatic rings. The van der Waals surface area contributed by atoms with Crippen LogP contribution in [0.4, 0.5) is 17.1 Å². The first kappa shape index (κ1) is 56.8. The van der Waals surface area contributed by atoms with E-state index in [1.54, 1.807) is 55.6 Å². The molecule has 1 fully saturated rings. The summed E-state index contributed by atoms with van der Waals surface area (Å²) in [6.07, 6.45) is 4.57. The average molecular weight is 1140 g/mol. The van der Waals surface area contributed by atoms with Crippen LogP contribution in [0.2, 0.25) is 0 Å². The van der Waals surface area contributed by atoms with E-state index in [9.17, 15) is 42.0 Å². The molecule has 4 heterocycles. The van der Waals surface area contributed by atoms with Gasteiger partial charge in [0.2, 0.25) is 29.5 Å². The van der Waals surface area contributed by atoms with Crippen molar-refractivity contribution < 1.29 is 65.1 Å². The minimum Gasteiger partial charge on any atom is -0.493 e. The number of hydrogen-bond donors (Lipinski definition) is 5. The van der Waals surface area contributed by atoms with Crippen molar-refractivity contribution in [3.63, 3.8) is 0 Å². The molecule has 0 radical (unpaired) electrons. The maximum absolute atomic E-state index is 14.5. The molecule has 3 atom stereocenters. The van der Waals surface area contributed by atoms with Crippen LogP contribution in [0.3, 0.4) is 0 Å². The van der Waals surface area contributed by atoms with Crippen LogP contribution >= 0.6 is 0 Å². The van der Waals surface area contributed by atoms with Crippen LogP contribution in [0.25, 0.3) is 0 Å². The third-order valence-electron chi connectivity index (χ3n) is 16.1. The van der Waals surface area contributed by atoms with Gasteiger partial charge in [0.15, 0.2) is 23.0 Å². The number of methoxy groups -OCH3 is 2. The van der Waals surface area contributed by atoms with E-state index in [-0.39, 0.29) is 78.8 Å². The summed E-state index contributed by atoms with van der Waals surface area (Å²) >= 11 is 0. The third-order valence-corrected chi connectivity index (χ3v) is 17.8. The summed E-state index contributed by atoms with van der Waals surface area (Å²) in [5.41, 5.74) is 6.93. The molecule has 5 N–H and O–H groups in total. The molecule has 82 heavy (non-hydrogen) atoms. The zero-order valence-corrected chi connectivity index (χ0v) is 46.8. The minimum atomic E-state index is -4.16. The van der Waals surface area contributed by atoms with Crippen molar-refractivity contribution in [3.05, 3.63) is 136 Å². The molecule has 5 aromatic carbocycles. The maximum Gasteiger partial charge on any atom is 0.272 e. The molecule has 1 saturated carbocycles. The van der Waals surface area contributed by atoms with Crippen LogP contribution in [0.5, 0.6) is 23.0 Å². The number of benzene rings is 5. The Bertz CT molecular complexity index is 3470. The second kappa shape index (κ2) is 24.3. The van der Waals surface area contributed by atoms with Gasteiger partial charge in [-0.15, -0.1) is 0 Å². The Labute approximate surface area is 474 Å². The van der Waals surface area contributed by atoms with Crippen LogP contribution in [0.15, 0.2) is 91.0 Å². The van der Waals surface area contributed by atoms with E-state index >= 15 is 0 Å². The van der Waals surface area contributed by atoms with E-state index in [4.69, 9.17) is 23.1 Å². The number of rotatable bonds is 19. The van der Waals surface area contributed by atoms with Crippen LogP contribution in [0, 0.1) is 11.8 Å². The monoisotopic (exact) mass is 1140 g/mol. The molecule has 10 rings (SSSR count). The molecular weight excluding hydrogens is 1070 g/mol. The summed E-state index contributed by atoms with van der Waals surface area (Å²) in [6, 6.07) is 26.4. The lowest BCUT2D eigenvalue weighted by Crippen LogP contribution is -2.47. The van der Waals surface area contributed by atoms with Crippen molar-refractivity contribution in [3.8, 4) is 23.0 Å². The fourth-order valence-electron chi connectivity index (χ4n) is 12.0. The van der Waals surface area contributed by atoms with Crippen molar-refractivity contribution in [2.75, 3.05) is 63.1 Å². The van der Waals surface area contributed by atoms with E-state index in [1.807, 2.05) is 41.3 Å². The molecule has 430 valence electrons. The van der Waals surface area contributed by atoms with Crippen LogP contribution in [0.1, 0.15) is 86.2 Å². The molecule has 22 heteroatoms. The number of amides is 7. The van der Waals surface area contributed by atoms with Gasteiger partial charge in [0.1, 0.15) is 18.5 Å². The average Bonchev–Trinajstić information content (AvgIpc) is 2.78. The molecule has 7 amide bonds. The van der Waals surface area contributed by atoms with Gasteiger partial charge in [-0.2, -0.15) is 8.42 Å². The van der Waals surface area contributed by atoms with Crippen molar-refractivity contribution in [1.29, 1.82) is 0 Å². The van der Waals surface area contributed by atoms with Gasteiger partial charge < -0.3 is 55.3 Å². The molecule has 1 unspecified atom stereocenters. The molecule has 0 spiro atoms. The Kier molecular flexibility index (Phi) is 16.8. The van der Waals surface area contributed by atoms with Crippen LogP contribution in [-0.4, -0.2) is 115 Å². The molecule has 0 saturated heterocycles. The summed E-state index contributed by atoms with van der Waals surface area (Å²) < 4.78 is 56.8. The number of fused-ring (bicyclic) bond motifs is 8. The topological polar surface area (TPSA) is 266 Å². The number of aryl methyl sites for hydroxylation is 1. The van der Waals surface area contributed by atoms with Gasteiger partial charge in [-0.3, -0.25) is 37.7 Å². The van der Waals surface area contributed by atoms with Gasteiger partial charge >= 0.3 is 0 Å². The number of nitrogens with zero attached hydrogens (tertiary/aromatic N) is 2. The molecule has 21 nitrogen and oxygen atoms in total. The highest BCUT2D eigenvalue weighted by atomic mass is 32.2. The smallest absolute Gasteiger partial charge is 0.272 e. The number of para-hydroxylation sites is 2. The lowest BCUT2D eigenvalue weighted by atomic mass is 9.81. The van der Waals surface area contributed by atoms with Gasteiger partial charge in [-0.25, -0.2) is 0 Å². The minimum absolute atomic E-state index is 0.0128. The summed E-state index contributed by atoms with van der Waals surface area (Å²) in [4.78, 5) is 95.7. The standard InChI is InChI=1S/C60H65N7O14S/c1-61-57(71)36-13-15-37(16-14-36)58(72)64-30-55(69)62-29-54(68)63-31-56(70)65-42-20-34(32-80-51-24-38-17-18-43-22-39-9-5-7-11-46(39)66(43)59(73)44(38)27-49(51)77-2)19-35(21-42)33-81-52-25-41-26-53(82(75,76)79-4)48-23-40-10-6-8-12-47(40)67(48)60(74)45(41)28-50(52)78-3/h5-12,19-21,24-25,27-28,36-37,43,48,53H,13-18,22-23,26,29-33H2,1-4H3,(H,61,71)(H,62,69)(H,63,68)(H,64,72)(H,65,70)/t36?,37?,43-,48+,53?/m1/s1. The number of carbonyl (C=O) groups is 7. The number of nitrogens with one attached hydrogen (secondary N) is 5. The zero-order chi connectivity index (χ0) is 57.8. The summed E-state index contributed by atoms with van der Waals surface area (Å²) in [5, 5.41) is 11.9. The van der Waals surface area contributed by atoms with Gasteiger partial charge in [-0.1, -0.05) is 36.4 Å². The lowest BCUT2D eigenvalue weighted by Gasteiger charge is -2.28. The molecule has 1 aliphatic carbocycles. The van der Waals surface area contributed by atoms with Crippen LogP contribution < -0.4 is 55.3 Å². The van der Waals surface area contributed by atoms with Crippen molar-refractivity contribution in [2.45, 2.75) is 88.3 Å². The predicted octanol–water partition coefficient (Wildman–Crippen LogP) is 4.69. The molecular formula is C60H65N7O14S. The van der Waals surface area contributed by atoms with E-state index in [0.29, 0.717) is 83.7 Å². The molecule has 0 bridgehead atoms. The van der Waals surface area contributed by atoms with Crippen molar-refractivity contribution in [1.82, 2.24) is 21.3 Å². The highest BCUT2D eigenvalue weighted by Gasteiger charge is 2.48. The van der Waals surface area contributed by atoms with E-state index in [0.717, 1.165) is 42.3 Å². The number of anilines is 3. The van der Waals surface area contributed by atoms with Crippen molar-refractivity contribution >= 4 is 68.5 Å². The SMILES string of the molecule is CNC(=O)C1CCC(C(=O)NCC(=O)NCC(=O)NCC(=O)Nc2cc(COc3cc4c(cc3OC)C(=O)N3c5ccccc5C[C@H]3CC4)cc(COc3cc4c(cc3OC)C(=O)N3c5ccccc5C[C@H]3C(S(=O)(=O)OC)C4)c2)CC1. The Hall–Kier alpha value is -8.50. The van der Waals surface area contributed by atoms with Gasteiger partial charge in [0, 0.05) is 53.1 Å². The quantitative estimate of drug-likeness (QED) is 0.0703. The molecule has 5 aliphatic rings. The zero-order valence-electron chi connectivity index (χ0n) is 46.0. The highest BCUT2D eigenvalue weighted by Crippen LogP contribution is 2.44. The Balaban J connectivity index is 0.845. The first-order valence-corrected chi connectivity index (χ1v) is 28.8. The number of ether oxygens (including phenoxy) is 4. The van der Waals surface area contributed by atoms with Crippen molar-refractivity contribution in [2.24, 2.45) is 11.8 Å². The normalized spacial score (nSPS) is 19.5. The summed E-state index contributed by atoms with van der Waals surface area (Å²) in [5.74, 6) is -2.03. The van der Waals surface area contributed by atoms with Gasteiger partial charge in [-0.05, 0) is 146 Å². The van der Waals surface area contributed by atoms with E-state index in [2.05, 4.69) is 32.7 Å². The number of hydrogen-bond acceptors (Lipinski definition) is 14. The number of carbonyl (C=O) groups excluding carboxylic acids is 7.